The summed E-state index contributed by atoms with van der Waals surface area (Å²) < 4.78 is 6.54. The van der Waals surface area contributed by atoms with E-state index in [9.17, 15) is 0 Å². The van der Waals surface area contributed by atoms with Crippen molar-refractivity contribution in [1.29, 1.82) is 0 Å². The van der Waals surface area contributed by atoms with Crippen LogP contribution in [0.1, 0.15) is 12.5 Å². The van der Waals surface area contributed by atoms with Crippen molar-refractivity contribution >= 4 is 28.3 Å². The summed E-state index contributed by atoms with van der Waals surface area (Å²) in [6.07, 6.45) is 0.856. The van der Waals surface area contributed by atoms with Crippen LogP contribution in [0.3, 0.4) is 0 Å². The van der Waals surface area contributed by atoms with Crippen molar-refractivity contribution < 1.29 is 4.74 Å². The van der Waals surface area contributed by atoms with Gasteiger partial charge in [-0.2, -0.15) is 0 Å². The van der Waals surface area contributed by atoms with E-state index in [1.165, 1.54) is 5.56 Å². The summed E-state index contributed by atoms with van der Waals surface area (Å²) >= 11 is 3.42. The van der Waals surface area contributed by atoms with Gasteiger partial charge in [-0.15, -0.1) is 12.4 Å². The Kier molecular flexibility index (Phi) is 6.97. The highest BCUT2D eigenvalue weighted by atomic mass is 79.9. The number of halogens is 2. The average Bonchev–Trinajstić information content (AvgIpc) is 2.10. The maximum Gasteiger partial charge on any atom is 0.122 e. The molecule has 0 amide bonds. The van der Waals surface area contributed by atoms with Crippen LogP contribution in [0.5, 0.6) is 5.75 Å². The molecular formula is C10H15BrClNO. The third-order valence-electron chi connectivity index (χ3n) is 1.74. The Hall–Kier alpha value is -0.250. The molecule has 0 aliphatic heterocycles. The number of rotatable bonds is 4. The van der Waals surface area contributed by atoms with Gasteiger partial charge >= 0.3 is 0 Å². The molecule has 0 saturated heterocycles. The van der Waals surface area contributed by atoms with Crippen LogP contribution < -0.4 is 10.5 Å². The molecule has 80 valence electrons. The molecule has 0 saturated carbocycles. The Morgan fingerprint density at radius 2 is 2.14 bits per heavy atom. The van der Waals surface area contributed by atoms with Gasteiger partial charge in [-0.3, -0.25) is 0 Å². The van der Waals surface area contributed by atoms with Gasteiger partial charge in [-0.1, -0.05) is 15.9 Å². The molecular weight excluding hydrogens is 265 g/mol. The monoisotopic (exact) mass is 279 g/mol. The van der Waals surface area contributed by atoms with Crippen molar-refractivity contribution in [3.05, 3.63) is 28.2 Å². The van der Waals surface area contributed by atoms with Crippen molar-refractivity contribution in [2.24, 2.45) is 5.73 Å². The van der Waals surface area contributed by atoms with Crippen molar-refractivity contribution in [3.8, 4) is 5.75 Å². The molecule has 0 aliphatic rings. The molecule has 14 heavy (non-hydrogen) atoms. The molecule has 0 aromatic heterocycles. The first-order chi connectivity index (χ1) is 6.27. The molecule has 1 rings (SSSR count). The summed E-state index contributed by atoms with van der Waals surface area (Å²) in [5.41, 5.74) is 6.67. The minimum atomic E-state index is 0. The van der Waals surface area contributed by atoms with Gasteiger partial charge in [0.1, 0.15) is 5.75 Å². The Bertz CT molecular complexity index is 281. The normalized spacial score (nSPS) is 9.36. The van der Waals surface area contributed by atoms with Crippen LogP contribution in [0, 0.1) is 0 Å². The quantitative estimate of drug-likeness (QED) is 0.920. The highest BCUT2D eigenvalue weighted by Gasteiger charge is 2.02. The van der Waals surface area contributed by atoms with E-state index >= 15 is 0 Å². The second-order valence-electron chi connectivity index (χ2n) is 2.72. The van der Waals surface area contributed by atoms with Gasteiger partial charge < -0.3 is 10.5 Å². The lowest BCUT2D eigenvalue weighted by atomic mass is 10.1. The minimum Gasteiger partial charge on any atom is -0.494 e. The van der Waals surface area contributed by atoms with Gasteiger partial charge in [-0.05, 0) is 43.7 Å². The Morgan fingerprint density at radius 3 is 2.71 bits per heavy atom. The van der Waals surface area contributed by atoms with Crippen LogP contribution in [0.25, 0.3) is 0 Å². The largest absolute Gasteiger partial charge is 0.494 e. The zero-order valence-electron chi connectivity index (χ0n) is 8.13. The number of hydrogen-bond donors (Lipinski definition) is 1. The fourth-order valence-corrected chi connectivity index (χ4v) is 1.60. The first-order valence-electron chi connectivity index (χ1n) is 4.39. The zero-order chi connectivity index (χ0) is 9.68. The lowest BCUT2D eigenvalue weighted by Gasteiger charge is -2.09. The summed E-state index contributed by atoms with van der Waals surface area (Å²) in [6.45, 7) is 3.32. The highest BCUT2D eigenvalue weighted by molar-refractivity contribution is 9.10. The molecule has 0 aliphatic carbocycles. The van der Waals surface area contributed by atoms with Gasteiger partial charge in [0, 0.05) is 4.47 Å². The maximum atomic E-state index is 5.50. The summed E-state index contributed by atoms with van der Waals surface area (Å²) in [7, 11) is 0. The van der Waals surface area contributed by atoms with E-state index in [1.54, 1.807) is 0 Å². The smallest absolute Gasteiger partial charge is 0.122 e. The van der Waals surface area contributed by atoms with Gasteiger partial charge in [0.2, 0.25) is 0 Å². The van der Waals surface area contributed by atoms with E-state index < -0.39 is 0 Å². The van der Waals surface area contributed by atoms with Gasteiger partial charge in [0.15, 0.2) is 0 Å². The molecule has 2 nitrogen and oxygen atoms in total. The molecule has 0 unspecified atom stereocenters. The molecule has 0 fully saturated rings. The fraction of sp³-hybridized carbons (Fsp3) is 0.400. The molecule has 1 aromatic rings. The van der Waals surface area contributed by atoms with Gasteiger partial charge in [0.25, 0.3) is 0 Å². The predicted octanol–water partition coefficient (Wildman–Crippen LogP) is 2.77. The van der Waals surface area contributed by atoms with Crippen LogP contribution in [0.4, 0.5) is 0 Å². The Morgan fingerprint density at radius 1 is 1.43 bits per heavy atom. The zero-order valence-corrected chi connectivity index (χ0v) is 10.5. The SMILES string of the molecule is CCOc1ccc(Br)cc1CCN.Cl. The molecule has 1 aromatic carbocycles. The summed E-state index contributed by atoms with van der Waals surface area (Å²) in [5.74, 6) is 0.941. The maximum absolute atomic E-state index is 5.50. The van der Waals surface area contributed by atoms with Crippen molar-refractivity contribution in [1.82, 2.24) is 0 Å². The summed E-state index contributed by atoms with van der Waals surface area (Å²) in [6, 6.07) is 6.00. The molecule has 0 spiro atoms. The predicted molar refractivity (Wildman–Crippen MR) is 65.3 cm³/mol. The summed E-state index contributed by atoms with van der Waals surface area (Å²) in [5, 5.41) is 0. The van der Waals surface area contributed by atoms with Crippen LogP contribution in [-0.2, 0) is 6.42 Å². The lowest BCUT2D eigenvalue weighted by Crippen LogP contribution is -2.05. The van der Waals surface area contributed by atoms with Crippen LogP contribution in [-0.4, -0.2) is 13.2 Å². The Labute approximate surface area is 99.4 Å². The van der Waals surface area contributed by atoms with Crippen molar-refractivity contribution in [3.63, 3.8) is 0 Å². The minimum absolute atomic E-state index is 0. The molecule has 0 bridgehead atoms. The number of nitrogens with two attached hydrogens (primary N) is 1. The average molecular weight is 281 g/mol. The van der Waals surface area contributed by atoms with E-state index in [0.29, 0.717) is 13.2 Å². The number of hydrogen-bond acceptors (Lipinski definition) is 2. The lowest BCUT2D eigenvalue weighted by molar-refractivity contribution is 0.336. The fourth-order valence-electron chi connectivity index (χ4n) is 1.20. The van der Waals surface area contributed by atoms with Crippen molar-refractivity contribution in [2.75, 3.05) is 13.2 Å². The van der Waals surface area contributed by atoms with E-state index in [0.717, 1.165) is 16.6 Å². The van der Waals surface area contributed by atoms with Gasteiger partial charge in [0.05, 0.1) is 6.61 Å². The second kappa shape index (κ2) is 7.10. The standard InChI is InChI=1S/C10H14BrNO.ClH/c1-2-13-10-4-3-9(11)7-8(10)5-6-12;/h3-4,7H,2,5-6,12H2,1H3;1H. The molecule has 0 heterocycles. The van der Waals surface area contributed by atoms with Crippen LogP contribution in [0.15, 0.2) is 22.7 Å². The molecule has 0 radical (unpaired) electrons. The molecule has 2 N–H and O–H groups in total. The number of ether oxygens (including phenoxy) is 1. The number of benzene rings is 1. The van der Waals surface area contributed by atoms with E-state index in [4.69, 9.17) is 10.5 Å². The third kappa shape index (κ3) is 3.86. The van der Waals surface area contributed by atoms with Crippen molar-refractivity contribution in [2.45, 2.75) is 13.3 Å². The topological polar surface area (TPSA) is 35.2 Å². The second-order valence-corrected chi connectivity index (χ2v) is 3.64. The third-order valence-corrected chi connectivity index (χ3v) is 2.23. The van der Waals surface area contributed by atoms with Crippen LogP contribution in [0.2, 0.25) is 0 Å². The van der Waals surface area contributed by atoms with E-state index in [-0.39, 0.29) is 12.4 Å². The van der Waals surface area contributed by atoms with E-state index in [1.807, 2.05) is 19.1 Å². The highest BCUT2D eigenvalue weighted by Crippen LogP contribution is 2.23. The van der Waals surface area contributed by atoms with Crippen LogP contribution >= 0.6 is 28.3 Å². The van der Waals surface area contributed by atoms with E-state index in [2.05, 4.69) is 22.0 Å². The first-order valence-corrected chi connectivity index (χ1v) is 5.18. The first kappa shape index (κ1) is 13.8. The van der Waals surface area contributed by atoms with Gasteiger partial charge in [-0.25, -0.2) is 0 Å². The molecule has 0 atom stereocenters. The molecule has 4 heteroatoms. The summed E-state index contributed by atoms with van der Waals surface area (Å²) in [4.78, 5) is 0. The Balaban J connectivity index is 0.00000169.